The summed E-state index contributed by atoms with van der Waals surface area (Å²) in [5, 5.41) is 3.19. The molecule has 1 aliphatic heterocycles. The molecule has 0 radical (unpaired) electrons. The van der Waals surface area contributed by atoms with Crippen LogP contribution in [0.25, 0.3) is 0 Å². The number of anilines is 3. The lowest BCUT2D eigenvalue weighted by molar-refractivity contribution is 0.0747. The predicted molar refractivity (Wildman–Crippen MR) is 116 cm³/mol. The van der Waals surface area contributed by atoms with E-state index >= 15 is 0 Å². The smallest absolute Gasteiger partial charge is 0.256 e. The van der Waals surface area contributed by atoms with Gasteiger partial charge in [-0.1, -0.05) is 24.3 Å². The van der Waals surface area contributed by atoms with Crippen LogP contribution in [0.5, 0.6) is 0 Å². The van der Waals surface area contributed by atoms with Crippen molar-refractivity contribution in [3.63, 3.8) is 0 Å². The van der Waals surface area contributed by atoms with Crippen LogP contribution in [0.2, 0.25) is 0 Å². The number of piperazine rings is 1. The number of hydrogen-bond acceptors (Lipinski definition) is 5. The number of rotatable bonds is 4. The minimum Gasteiger partial charge on any atom is -0.366 e. The molecule has 6 nitrogen and oxygen atoms in total. The van der Waals surface area contributed by atoms with Gasteiger partial charge in [0.05, 0.1) is 16.9 Å². The van der Waals surface area contributed by atoms with Crippen LogP contribution in [-0.2, 0) is 0 Å². The van der Waals surface area contributed by atoms with Crippen LogP contribution in [-0.4, -0.2) is 47.0 Å². The van der Waals surface area contributed by atoms with Crippen LogP contribution < -0.4 is 10.2 Å². The maximum atomic E-state index is 14.1. The third-order valence-corrected chi connectivity index (χ3v) is 5.15. The van der Waals surface area contributed by atoms with Crippen LogP contribution >= 0.6 is 0 Å². The Hall–Kier alpha value is -3.48. The number of nitrogens with one attached hydrogen (secondary N) is 1. The molecule has 7 heteroatoms. The van der Waals surface area contributed by atoms with Gasteiger partial charge in [-0.05, 0) is 44.2 Å². The highest BCUT2D eigenvalue weighted by Gasteiger charge is 2.25. The summed E-state index contributed by atoms with van der Waals surface area (Å²) in [4.78, 5) is 25.8. The highest BCUT2D eigenvalue weighted by atomic mass is 19.1. The van der Waals surface area contributed by atoms with Gasteiger partial charge in [0.2, 0.25) is 5.95 Å². The summed E-state index contributed by atoms with van der Waals surface area (Å²) >= 11 is 0. The Balaban J connectivity index is 1.49. The standard InChI is InChI=1S/C23H24FN5O/c1-16-15-17(2)26-23(25-16)27-20-9-5-3-7-18(20)22(30)29-13-11-28(12-14-29)21-10-6-4-8-19(21)24/h3-10,15H,11-14H2,1-2H3,(H,25,26,27). The third kappa shape index (κ3) is 4.25. The van der Waals surface area contributed by atoms with Crippen molar-refractivity contribution in [2.75, 3.05) is 36.4 Å². The monoisotopic (exact) mass is 405 g/mol. The summed E-state index contributed by atoms with van der Waals surface area (Å²) in [5.74, 6) is 0.174. The minimum atomic E-state index is -0.236. The summed E-state index contributed by atoms with van der Waals surface area (Å²) in [6, 6.07) is 16.0. The Morgan fingerprint density at radius 1 is 0.933 bits per heavy atom. The molecule has 2 aromatic carbocycles. The van der Waals surface area contributed by atoms with Crippen molar-refractivity contribution in [3.05, 3.63) is 77.4 Å². The Bertz CT molecular complexity index is 1040. The number of carbonyl (C=O) groups is 1. The number of amides is 1. The molecular weight excluding hydrogens is 381 g/mol. The molecule has 0 bridgehead atoms. The van der Waals surface area contributed by atoms with Gasteiger partial charge in [-0.3, -0.25) is 4.79 Å². The van der Waals surface area contributed by atoms with Gasteiger partial charge in [0.1, 0.15) is 5.82 Å². The van der Waals surface area contributed by atoms with Crippen molar-refractivity contribution in [3.8, 4) is 0 Å². The van der Waals surface area contributed by atoms with E-state index in [9.17, 15) is 9.18 Å². The Morgan fingerprint density at radius 3 is 2.27 bits per heavy atom. The quantitative estimate of drug-likeness (QED) is 0.713. The summed E-state index contributed by atoms with van der Waals surface area (Å²) in [6.07, 6.45) is 0. The van der Waals surface area contributed by atoms with Gasteiger partial charge in [0.25, 0.3) is 5.91 Å². The second-order valence-electron chi connectivity index (χ2n) is 7.38. The van der Waals surface area contributed by atoms with Crippen molar-refractivity contribution in [1.82, 2.24) is 14.9 Å². The number of aromatic nitrogens is 2. The molecule has 1 saturated heterocycles. The van der Waals surface area contributed by atoms with E-state index in [1.807, 2.05) is 49.1 Å². The van der Waals surface area contributed by atoms with Crippen LogP contribution in [0.3, 0.4) is 0 Å². The molecule has 2 heterocycles. The first-order valence-corrected chi connectivity index (χ1v) is 9.98. The zero-order valence-electron chi connectivity index (χ0n) is 17.1. The molecule has 1 fully saturated rings. The van der Waals surface area contributed by atoms with Gasteiger partial charge < -0.3 is 15.1 Å². The largest absolute Gasteiger partial charge is 0.366 e. The molecule has 0 atom stereocenters. The SMILES string of the molecule is Cc1cc(C)nc(Nc2ccccc2C(=O)N2CCN(c3ccccc3F)CC2)n1. The zero-order valence-corrected chi connectivity index (χ0v) is 17.1. The van der Waals surface area contributed by atoms with Crippen molar-refractivity contribution in [2.45, 2.75) is 13.8 Å². The normalized spacial score (nSPS) is 14.0. The fourth-order valence-corrected chi connectivity index (χ4v) is 3.71. The molecular formula is C23H24FN5O. The topological polar surface area (TPSA) is 61.4 Å². The van der Waals surface area contributed by atoms with Gasteiger partial charge in [0, 0.05) is 37.6 Å². The molecule has 3 aromatic rings. The summed E-state index contributed by atoms with van der Waals surface area (Å²) in [6.45, 7) is 6.05. The lowest BCUT2D eigenvalue weighted by atomic mass is 10.1. The molecule has 1 amide bonds. The molecule has 0 spiro atoms. The first-order valence-electron chi connectivity index (χ1n) is 9.98. The number of benzene rings is 2. The zero-order chi connectivity index (χ0) is 21.1. The first kappa shape index (κ1) is 19.8. The van der Waals surface area contributed by atoms with Crippen molar-refractivity contribution >= 4 is 23.2 Å². The highest BCUT2D eigenvalue weighted by molar-refractivity contribution is 6.00. The number of aryl methyl sites for hydroxylation is 2. The maximum absolute atomic E-state index is 14.1. The minimum absolute atomic E-state index is 0.0596. The van der Waals surface area contributed by atoms with E-state index in [2.05, 4.69) is 15.3 Å². The fourth-order valence-electron chi connectivity index (χ4n) is 3.71. The van der Waals surface area contributed by atoms with E-state index < -0.39 is 0 Å². The average Bonchev–Trinajstić information content (AvgIpc) is 2.73. The van der Waals surface area contributed by atoms with E-state index in [0.29, 0.717) is 49.1 Å². The molecule has 30 heavy (non-hydrogen) atoms. The molecule has 4 rings (SSSR count). The van der Waals surface area contributed by atoms with Gasteiger partial charge in [-0.15, -0.1) is 0 Å². The van der Waals surface area contributed by atoms with Gasteiger partial charge in [0.15, 0.2) is 0 Å². The lowest BCUT2D eigenvalue weighted by Gasteiger charge is -2.36. The Morgan fingerprint density at radius 2 is 1.57 bits per heavy atom. The van der Waals surface area contributed by atoms with Crippen molar-refractivity contribution in [1.29, 1.82) is 0 Å². The van der Waals surface area contributed by atoms with Crippen LogP contribution in [0, 0.1) is 19.7 Å². The van der Waals surface area contributed by atoms with E-state index in [-0.39, 0.29) is 11.7 Å². The number of carbonyl (C=O) groups excluding carboxylic acids is 1. The summed E-state index contributed by atoms with van der Waals surface area (Å²) in [7, 11) is 0. The van der Waals surface area contributed by atoms with Crippen molar-refractivity contribution in [2.24, 2.45) is 0 Å². The lowest BCUT2D eigenvalue weighted by Crippen LogP contribution is -2.49. The van der Waals surface area contributed by atoms with Crippen LogP contribution in [0.15, 0.2) is 54.6 Å². The molecule has 154 valence electrons. The van der Waals surface area contributed by atoms with E-state index in [4.69, 9.17) is 0 Å². The molecule has 1 aliphatic rings. The molecule has 0 saturated carbocycles. The van der Waals surface area contributed by atoms with E-state index in [0.717, 1.165) is 11.4 Å². The Kier molecular flexibility index (Phi) is 5.61. The van der Waals surface area contributed by atoms with E-state index in [1.165, 1.54) is 6.07 Å². The molecule has 1 aromatic heterocycles. The first-order chi connectivity index (χ1) is 14.5. The Labute approximate surface area is 175 Å². The van der Waals surface area contributed by atoms with Crippen LogP contribution in [0.1, 0.15) is 21.7 Å². The number of nitrogens with zero attached hydrogens (tertiary/aromatic N) is 4. The molecule has 0 aliphatic carbocycles. The number of para-hydroxylation sites is 2. The third-order valence-electron chi connectivity index (χ3n) is 5.15. The maximum Gasteiger partial charge on any atom is 0.256 e. The number of halogens is 1. The number of hydrogen-bond donors (Lipinski definition) is 1. The highest BCUT2D eigenvalue weighted by Crippen LogP contribution is 2.24. The summed E-state index contributed by atoms with van der Waals surface area (Å²) < 4.78 is 14.1. The average molecular weight is 405 g/mol. The fraction of sp³-hybridized carbons (Fsp3) is 0.261. The second-order valence-corrected chi connectivity index (χ2v) is 7.38. The van der Waals surface area contributed by atoms with Gasteiger partial charge >= 0.3 is 0 Å². The molecule has 0 unspecified atom stereocenters. The van der Waals surface area contributed by atoms with Gasteiger partial charge in [-0.25, -0.2) is 14.4 Å². The van der Waals surface area contributed by atoms with Gasteiger partial charge in [-0.2, -0.15) is 0 Å². The van der Waals surface area contributed by atoms with Crippen LogP contribution in [0.4, 0.5) is 21.7 Å². The second kappa shape index (κ2) is 8.49. The van der Waals surface area contributed by atoms with Crippen molar-refractivity contribution < 1.29 is 9.18 Å². The predicted octanol–water partition coefficient (Wildman–Crippen LogP) is 3.94. The molecule has 1 N–H and O–H groups in total. The summed E-state index contributed by atoms with van der Waals surface area (Å²) in [5.41, 5.74) is 3.54. The van der Waals surface area contributed by atoms with E-state index in [1.54, 1.807) is 23.1 Å².